The van der Waals surface area contributed by atoms with Crippen molar-refractivity contribution >= 4 is 5.91 Å². The Labute approximate surface area is 102 Å². The molecule has 1 amide bonds. The second-order valence-corrected chi connectivity index (χ2v) is 4.88. The molecule has 1 saturated heterocycles. The number of carbonyl (C=O) groups is 1. The minimum absolute atomic E-state index is 0.0591. The van der Waals surface area contributed by atoms with E-state index in [0.717, 1.165) is 25.1 Å². The SMILES string of the molecule is CC1CCNC(C(=O)N[C@@H](C)c2ccco2)C1. The van der Waals surface area contributed by atoms with Crippen molar-refractivity contribution in [2.75, 3.05) is 6.54 Å². The van der Waals surface area contributed by atoms with E-state index in [1.165, 1.54) is 0 Å². The van der Waals surface area contributed by atoms with Gasteiger partial charge in [0, 0.05) is 0 Å². The van der Waals surface area contributed by atoms with Gasteiger partial charge in [0.2, 0.25) is 5.91 Å². The number of furan rings is 1. The Morgan fingerprint density at radius 3 is 3.12 bits per heavy atom. The van der Waals surface area contributed by atoms with Crippen LogP contribution in [-0.2, 0) is 4.79 Å². The molecule has 1 aromatic heterocycles. The summed E-state index contributed by atoms with van der Waals surface area (Å²) in [6.07, 6.45) is 3.69. The molecule has 1 aliphatic heterocycles. The lowest BCUT2D eigenvalue weighted by Crippen LogP contribution is -2.48. The molecule has 2 heterocycles. The standard InChI is InChI=1S/C13H20N2O2/c1-9-5-6-14-11(8-9)13(16)15-10(2)12-4-3-7-17-12/h3-4,7,9-11,14H,5-6,8H2,1-2H3,(H,15,16)/t9?,10-,11?/m0/s1. The number of hydrogen-bond acceptors (Lipinski definition) is 3. The van der Waals surface area contributed by atoms with Crippen LogP contribution in [0.25, 0.3) is 0 Å². The van der Waals surface area contributed by atoms with E-state index in [0.29, 0.717) is 5.92 Å². The summed E-state index contributed by atoms with van der Waals surface area (Å²) in [7, 11) is 0. The maximum atomic E-state index is 12.0. The van der Waals surface area contributed by atoms with Crippen LogP contribution in [0.4, 0.5) is 0 Å². The van der Waals surface area contributed by atoms with Crippen LogP contribution >= 0.6 is 0 Å². The number of hydrogen-bond donors (Lipinski definition) is 2. The summed E-state index contributed by atoms with van der Waals surface area (Å²) in [6.45, 7) is 5.05. The van der Waals surface area contributed by atoms with Crippen LogP contribution in [0.5, 0.6) is 0 Å². The average molecular weight is 236 g/mol. The highest BCUT2D eigenvalue weighted by molar-refractivity contribution is 5.82. The molecule has 1 fully saturated rings. The fraction of sp³-hybridized carbons (Fsp3) is 0.615. The topological polar surface area (TPSA) is 54.3 Å². The Balaban J connectivity index is 1.88. The Bertz CT molecular complexity index is 362. The van der Waals surface area contributed by atoms with Gasteiger partial charge in [0.1, 0.15) is 5.76 Å². The zero-order valence-corrected chi connectivity index (χ0v) is 10.4. The summed E-state index contributed by atoms with van der Waals surface area (Å²) < 4.78 is 5.27. The first kappa shape index (κ1) is 12.2. The second kappa shape index (κ2) is 5.36. The predicted octanol–water partition coefficient (Wildman–Crippen LogP) is 1.84. The second-order valence-electron chi connectivity index (χ2n) is 4.88. The molecule has 3 atom stereocenters. The molecule has 2 unspecified atom stereocenters. The van der Waals surface area contributed by atoms with E-state index in [4.69, 9.17) is 4.42 Å². The van der Waals surface area contributed by atoms with E-state index in [1.54, 1.807) is 6.26 Å². The van der Waals surface area contributed by atoms with Crippen LogP contribution in [0.2, 0.25) is 0 Å². The zero-order valence-electron chi connectivity index (χ0n) is 10.4. The van der Waals surface area contributed by atoms with Crippen molar-refractivity contribution in [2.45, 2.75) is 38.8 Å². The molecule has 0 radical (unpaired) electrons. The van der Waals surface area contributed by atoms with Crippen molar-refractivity contribution in [3.63, 3.8) is 0 Å². The smallest absolute Gasteiger partial charge is 0.237 e. The van der Waals surface area contributed by atoms with E-state index >= 15 is 0 Å². The molecule has 0 aromatic carbocycles. The minimum Gasteiger partial charge on any atom is -0.467 e. The van der Waals surface area contributed by atoms with E-state index in [9.17, 15) is 4.79 Å². The lowest BCUT2D eigenvalue weighted by molar-refractivity contribution is -0.124. The first-order valence-electron chi connectivity index (χ1n) is 6.24. The van der Waals surface area contributed by atoms with Crippen molar-refractivity contribution in [3.8, 4) is 0 Å². The van der Waals surface area contributed by atoms with Crippen LogP contribution < -0.4 is 10.6 Å². The Kier molecular flexibility index (Phi) is 3.84. The van der Waals surface area contributed by atoms with Gasteiger partial charge in [0.05, 0.1) is 18.3 Å². The van der Waals surface area contributed by atoms with Gasteiger partial charge in [0.15, 0.2) is 0 Å². The lowest BCUT2D eigenvalue weighted by atomic mass is 9.94. The molecule has 4 heteroatoms. The van der Waals surface area contributed by atoms with E-state index in [-0.39, 0.29) is 18.0 Å². The molecule has 2 N–H and O–H groups in total. The van der Waals surface area contributed by atoms with Gasteiger partial charge in [0.25, 0.3) is 0 Å². The van der Waals surface area contributed by atoms with Crippen molar-refractivity contribution in [1.82, 2.24) is 10.6 Å². The maximum Gasteiger partial charge on any atom is 0.237 e. The molecule has 0 spiro atoms. The van der Waals surface area contributed by atoms with Gasteiger partial charge in [-0.2, -0.15) is 0 Å². The molecule has 1 aromatic rings. The number of piperidine rings is 1. The van der Waals surface area contributed by atoms with Gasteiger partial charge in [-0.1, -0.05) is 6.92 Å². The molecular weight excluding hydrogens is 216 g/mol. The Morgan fingerprint density at radius 2 is 2.47 bits per heavy atom. The predicted molar refractivity (Wildman–Crippen MR) is 65.5 cm³/mol. The van der Waals surface area contributed by atoms with Crippen LogP contribution in [0.1, 0.15) is 38.5 Å². The summed E-state index contributed by atoms with van der Waals surface area (Å²) >= 11 is 0. The molecule has 0 saturated carbocycles. The first-order chi connectivity index (χ1) is 8.16. The summed E-state index contributed by atoms with van der Waals surface area (Å²) in [5.41, 5.74) is 0. The Hall–Kier alpha value is -1.29. The summed E-state index contributed by atoms with van der Waals surface area (Å²) in [5, 5.41) is 6.23. The third-order valence-electron chi connectivity index (χ3n) is 3.31. The van der Waals surface area contributed by atoms with Crippen LogP contribution in [0.3, 0.4) is 0 Å². The van der Waals surface area contributed by atoms with Gasteiger partial charge in [-0.25, -0.2) is 0 Å². The quantitative estimate of drug-likeness (QED) is 0.842. The highest BCUT2D eigenvalue weighted by Crippen LogP contribution is 2.17. The molecule has 17 heavy (non-hydrogen) atoms. The molecular formula is C13H20N2O2. The van der Waals surface area contributed by atoms with E-state index in [2.05, 4.69) is 17.6 Å². The average Bonchev–Trinajstić information content (AvgIpc) is 2.82. The maximum absolute atomic E-state index is 12.0. The molecule has 4 nitrogen and oxygen atoms in total. The molecule has 1 aliphatic rings. The highest BCUT2D eigenvalue weighted by Gasteiger charge is 2.25. The van der Waals surface area contributed by atoms with Crippen LogP contribution in [0, 0.1) is 5.92 Å². The van der Waals surface area contributed by atoms with Gasteiger partial charge in [-0.3, -0.25) is 4.79 Å². The molecule has 2 rings (SSSR count). The van der Waals surface area contributed by atoms with Crippen molar-refractivity contribution in [3.05, 3.63) is 24.2 Å². The number of amides is 1. The van der Waals surface area contributed by atoms with Crippen molar-refractivity contribution in [2.24, 2.45) is 5.92 Å². The fourth-order valence-electron chi connectivity index (χ4n) is 2.23. The largest absolute Gasteiger partial charge is 0.467 e. The van der Waals surface area contributed by atoms with Gasteiger partial charge < -0.3 is 15.1 Å². The number of nitrogens with one attached hydrogen (secondary N) is 2. The molecule has 0 aliphatic carbocycles. The molecule has 94 valence electrons. The summed E-state index contributed by atoms with van der Waals surface area (Å²) in [5.74, 6) is 1.48. The van der Waals surface area contributed by atoms with Crippen LogP contribution in [-0.4, -0.2) is 18.5 Å². The van der Waals surface area contributed by atoms with Crippen LogP contribution in [0.15, 0.2) is 22.8 Å². The summed E-state index contributed by atoms with van der Waals surface area (Å²) in [6, 6.07) is 3.58. The monoisotopic (exact) mass is 236 g/mol. The zero-order chi connectivity index (χ0) is 12.3. The first-order valence-corrected chi connectivity index (χ1v) is 6.24. The third-order valence-corrected chi connectivity index (χ3v) is 3.31. The van der Waals surface area contributed by atoms with E-state index < -0.39 is 0 Å². The fourth-order valence-corrected chi connectivity index (χ4v) is 2.23. The Morgan fingerprint density at radius 1 is 1.65 bits per heavy atom. The van der Waals surface area contributed by atoms with Gasteiger partial charge in [-0.05, 0) is 44.4 Å². The minimum atomic E-state index is -0.0727. The normalized spacial score (nSPS) is 26.5. The van der Waals surface area contributed by atoms with Gasteiger partial charge in [-0.15, -0.1) is 0 Å². The number of carbonyl (C=O) groups excluding carboxylic acids is 1. The highest BCUT2D eigenvalue weighted by atomic mass is 16.3. The molecule has 0 bridgehead atoms. The van der Waals surface area contributed by atoms with Crippen molar-refractivity contribution in [1.29, 1.82) is 0 Å². The van der Waals surface area contributed by atoms with E-state index in [1.807, 2.05) is 19.1 Å². The summed E-state index contributed by atoms with van der Waals surface area (Å²) in [4.78, 5) is 12.0. The number of rotatable bonds is 3. The lowest BCUT2D eigenvalue weighted by Gasteiger charge is -2.28. The van der Waals surface area contributed by atoms with Crippen molar-refractivity contribution < 1.29 is 9.21 Å². The van der Waals surface area contributed by atoms with Gasteiger partial charge >= 0.3 is 0 Å². The third kappa shape index (κ3) is 3.09.